The molecule has 3 amide bonds. The fourth-order valence-corrected chi connectivity index (χ4v) is 4.27. The number of carbonyl (C=O) groups excluding carboxylic acids is 3. The number of hydrogen-bond acceptors (Lipinski definition) is 5. The highest BCUT2D eigenvalue weighted by molar-refractivity contribution is 5.93. The molecule has 178 valence electrons. The predicted octanol–water partition coefficient (Wildman–Crippen LogP) is 1.42. The molecule has 0 radical (unpaired) electrons. The zero-order valence-electron chi connectivity index (χ0n) is 18.9. The number of H-pyrrole nitrogens is 1. The van der Waals surface area contributed by atoms with Crippen LogP contribution in [0.2, 0.25) is 0 Å². The van der Waals surface area contributed by atoms with Crippen LogP contribution in [0, 0.1) is 5.92 Å². The lowest BCUT2D eigenvalue weighted by atomic mass is 9.91. The fourth-order valence-electron chi connectivity index (χ4n) is 4.27. The average Bonchev–Trinajstić information content (AvgIpc) is 3.27. The highest BCUT2D eigenvalue weighted by Crippen LogP contribution is 2.22. The number of ether oxygens (including phenoxy) is 1. The van der Waals surface area contributed by atoms with Crippen molar-refractivity contribution >= 4 is 28.6 Å². The summed E-state index contributed by atoms with van der Waals surface area (Å²) < 4.78 is 5.63. The number of rotatable bonds is 8. The Morgan fingerprint density at radius 3 is 2.62 bits per heavy atom. The number of carbonyl (C=O) groups is 3. The molecule has 0 bridgehead atoms. The van der Waals surface area contributed by atoms with E-state index in [1.165, 1.54) is 7.05 Å². The zero-order valence-corrected chi connectivity index (χ0v) is 18.9. The molecule has 0 saturated carbocycles. The molecule has 1 aromatic heterocycles. The van der Waals surface area contributed by atoms with Gasteiger partial charge in [-0.3, -0.25) is 19.6 Å². The number of amides is 3. The summed E-state index contributed by atoms with van der Waals surface area (Å²) in [7, 11) is 1.51. The van der Waals surface area contributed by atoms with Crippen molar-refractivity contribution < 1.29 is 24.3 Å². The van der Waals surface area contributed by atoms with Crippen LogP contribution in [0.3, 0.4) is 0 Å². The van der Waals surface area contributed by atoms with Crippen molar-refractivity contribution in [2.45, 2.75) is 25.0 Å². The molecule has 2 aromatic carbocycles. The zero-order chi connectivity index (χ0) is 24.1. The summed E-state index contributed by atoms with van der Waals surface area (Å²) in [5, 5.41) is 16.9. The van der Waals surface area contributed by atoms with Crippen LogP contribution in [0.1, 0.15) is 11.1 Å². The smallest absolute Gasteiger partial charge is 0.275 e. The minimum absolute atomic E-state index is 0.0381. The summed E-state index contributed by atoms with van der Waals surface area (Å²) in [5.74, 6) is -2.45. The number of morpholine rings is 1. The maximum absolute atomic E-state index is 13.5. The maximum atomic E-state index is 13.5. The van der Waals surface area contributed by atoms with E-state index in [2.05, 4.69) is 15.6 Å². The Hall–Kier alpha value is -3.69. The third-order valence-electron chi connectivity index (χ3n) is 6.08. The molecule has 4 rings (SSSR count). The Morgan fingerprint density at radius 2 is 1.85 bits per heavy atom. The quantitative estimate of drug-likeness (QED) is 0.376. The van der Waals surface area contributed by atoms with Crippen LogP contribution in [-0.2, 0) is 32.0 Å². The van der Waals surface area contributed by atoms with Gasteiger partial charge in [0.1, 0.15) is 6.04 Å². The average molecular weight is 465 g/mol. The first-order chi connectivity index (χ1) is 16.5. The molecule has 3 atom stereocenters. The van der Waals surface area contributed by atoms with Crippen molar-refractivity contribution in [2.75, 3.05) is 20.2 Å². The molecule has 9 nitrogen and oxygen atoms in total. The third-order valence-corrected chi connectivity index (χ3v) is 6.08. The van der Waals surface area contributed by atoms with Gasteiger partial charge in [0.2, 0.25) is 11.8 Å². The Balaban J connectivity index is 1.59. The van der Waals surface area contributed by atoms with Gasteiger partial charge in [-0.2, -0.15) is 0 Å². The number of aromatic nitrogens is 1. The van der Waals surface area contributed by atoms with Gasteiger partial charge < -0.3 is 20.4 Å². The van der Waals surface area contributed by atoms with Gasteiger partial charge in [0.15, 0.2) is 6.10 Å². The summed E-state index contributed by atoms with van der Waals surface area (Å²) in [6, 6.07) is 16.1. The van der Waals surface area contributed by atoms with E-state index in [-0.39, 0.29) is 31.9 Å². The summed E-state index contributed by atoms with van der Waals surface area (Å²) in [6.07, 6.45) is 1.15. The van der Waals surface area contributed by atoms with Crippen molar-refractivity contribution in [1.82, 2.24) is 20.7 Å². The molecule has 0 aliphatic carbocycles. The maximum Gasteiger partial charge on any atom is 0.275 e. The molecular weight excluding hydrogens is 436 g/mol. The first-order valence-electron chi connectivity index (χ1n) is 11.2. The first kappa shape index (κ1) is 23.5. The number of nitrogens with zero attached hydrogens (tertiary/aromatic N) is 1. The Labute approximate surface area is 197 Å². The van der Waals surface area contributed by atoms with E-state index in [4.69, 9.17) is 4.74 Å². The monoisotopic (exact) mass is 464 g/mol. The van der Waals surface area contributed by atoms with E-state index in [1.807, 2.05) is 60.8 Å². The van der Waals surface area contributed by atoms with Gasteiger partial charge in [0.05, 0.1) is 19.1 Å². The Morgan fingerprint density at radius 1 is 1.12 bits per heavy atom. The van der Waals surface area contributed by atoms with Gasteiger partial charge in [0, 0.05) is 30.6 Å². The van der Waals surface area contributed by atoms with Crippen molar-refractivity contribution in [3.05, 3.63) is 71.9 Å². The summed E-state index contributed by atoms with van der Waals surface area (Å²) in [6.45, 7) is 0.149. The number of nitrogens with one attached hydrogen (secondary N) is 3. The fraction of sp³-hybridized carbons (Fsp3) is 0.320. The van der Waals surface area contributed by atoms with Crippen LogP contribution in [-0.4, -0.2) is 65.3 Å². The number of likely N-dealkylation sites (N-methyl/N-ethyl adjacent to an activating group) is 1. The van der Waals surface area contributed by atoms with E-state index < -0.39 is 29.9 Å². The Bertz CT molecular complexity index is 1160. The molecule has 9 heteroatoms. The summed E-state index contributed by atoms with van der Waals surface area (Å²) in [5.41, 5.74) is 2.66. The van der Waals surface area contributed by atoms with Crippen molar-refractivity contribution in [1.29, 1.82) is 0 Å². The first-order valence-corrected chi connectivity index (χ1v) is 11.2. The number of fused-ring (bicyclic) bond motifs is 1. The van der Waals surface area contributed by atoms with Gasteiger partial charge in [0.25, 0.3) is 5.91 Å². The number of benzene rings is 2. The predicted molar refractivity (Wildman–Crippen MR) is 125 cm³/mol. The van der Waals surface area contributed by atoms with Crippen molar-refractivity contribution in [2.24, 2.45) is 5.92 Å². The molecule has 1 aliphatic heterocycles. The van der Waals surface area contributed by atoms with E-state index in [0.717, 1.165) is 22.0 Å². The van der Waals surface area contributed by atoms with Crippen LogP contribution in [0.5, 0.6) is 0 Å². The molecule has 0 spiro atoms. The lowest BCUT2D eigenvalue weighted by Crippen LogP contribution is -2.56. The van der Waals surface area contributed by atoms with Crippen LogP contribution in [0.25, 0.3) is 10.9 Å². The normalized spacial score (nSPS) is 17.9. The second-order valence-corrected chi connectivity index (χ2v) is 8.29. The highest BCUT2D eigenvalue weighted by Gasteiger charge is 2.40. The second kappa shape index (κ2) is 10.5. The number of aromatic amines is 1. The minimum Gasteiger partial charge on any atom is -0.365 e. The lowest BCUT2D eigenvalue weighted by Gasteiger charge is -2.33. The SMILES string of the molecule is CNC(=O)[C@H](Cc1c[nH]c2ccccc12)NC(=O)[C@H](Cc1ccccc1)[C@@H]1OCCN(O)C1=O. The van der Waals surface area contributed by atoms with Gasteiger partial charge >= 0.3 is 0 Å². The Kier molecular flexibility index (Phi) is 7.24. The van der Waals surface area contributed by atoms with Gasteiger partial charge in [-0.1, -0.05) is 48.5 Å². The summed E-state index contributed by atoms with van der Waals surface area (Å²) in [4.78, 5) is 42.0. The van der Waals surface area contributed by atoms with Crippen molar-refractivity contribution in [3.63, 3.8) is 0 Å². The van der Waals surface area contributed by atoms with Crippen LogP contribution in [0.15, 0.2) is 60.8 Å². The van der Waals surface area contributed by atoms with Crippen molar-refractivity contribution in [3.8, 4) is 0 Å². The van der Waals surface area contributed by atoms with E-state index >= 15 is 0 Å². The van der Waals surface area contributed by atoms with Gasteiger partial charge in [-0.25, -0.2) is 5.06 Å². The highest BCUT2D eigenvalue weighted by atomic mass is 16.6. The molecule has 34 heavy (non-hydrogen) atoms. The van der Waals surface area contributed by atoms with E-state index in [1.54, 1.807) is 0 Å². The minimum atomic E-state index is -1.16. The third kappa shape index (κ3) is 5.11. The largest absolute Gasteiger partial charge is 0.365 e. The summed E-state index contributed by atoms with van der Waals surface area (Å²) >= 11 is 0. The molecule has 1 fully saturated rings. The van der Waals surface area contributed by atoms with Gasteiger partial charge in [-0.15, -0.1) is 0 Å². The molecular formula is C25H28N4O5. The molecule has 1 aliphatic rings. The van der Waals surface area contributed by atoms with Crippen LogP contribution < -0.4 is 10.6 Å². The molecule has 0 unspecified atom stereocenters. The molecule has 4 N–H and O–H groups in total. The van der Waals surface area contributed by atoms with E-state index in [9.17, 15) is 19.6 Å². The van der Waals surface area contributed by atoms with E-state index in [0.29, 0.717) is 5.06 Å². The van der Waals surface area contributed by atoms with Gasteiger partial charge in [-0.05, 0) is 23.6 Å². The molecule has 2 heterocycles. The number of para-hydroxylation sites is 1. The topological polar surface area (TPSA) is 124 Å². The van der Waals surface area contributed by atoms with Crippen LogP contribution in [0.4, 0.5) is 0 Å². The van der Waals surface area contributed by atoms with Crippen LogP contribution >= 0.6 is 0 Å². The standard InChI is InChI=1S/C25H28N4O5/c1-26-24(31)21(14-17-15-27-20-10-6-5-9-18(17)20)28-23(30)19(13-16-7-3-2-4-8-16)22-25(32)29(33)11-12-34-22/h2-10,15,19,21-22,27,33H,11-14H2,1H3,(H,26,31)(H,28,30)/t19-,21+,22+/m1/s1. The molecule has 3 aromatic rings. The second-order valence-electron chi connectivity index (χ2n) is 8.29. The lowest BCUT2D eigenvalue weighted by molar-refractivity contribution is -0.200. The number of hydrogen-bond donors (Lipinski definition) is 4. The number of hydroxylamine groups is 2. The molecule has 1 saturated heterocycles.